The van der Waals surface area contributed by atoms with Gasteiger partial charge in [-0.15, -0.1) is 0 Å². The first-order chi connectivity index (χ1) is 11.7. The van der Waals surface area contributed by atoms with Crippen molar-refractivity contribution in [2.75, 3.05) is 45.2 Å². The molecule has 0 aliphatic heterocycles. The third kappa shape index (κ3) is 10.8. The number of hydrogen-bond donors (Lipinski definition) is 3. The molecule has 0 aromatic carbocycles. The van der Waals surface area contributed by atoms with Crippen molar-refractivity contribution in [1.29, 1.82) is 0 Å². The molecule has 0 unspecified atom stereocenters. The SMILES string of the molecule is CN=C(NCCCCNc1ccccn1)NCCOCCC(C)C. The van der Waals surface area contributed by atoms with Crippen LogP contribution in [0.5, 0.6) is 0 Å². The molecule has 0 atom stereocenters. The summed E-state index contributed by atoms with van der Waals surface area (Å²) in [4.78, 5) is 8.45. The highest BCUT2D eigenvalue weighted by molar-refractivity contribution is 5.79. The molecule has 6 heteroatoms. The second kappa shape index (κ2) is 13.6. The predicted molar refractivity (Wildman–Crippen MR) is 102 cm³/mol. The highest BCUT2D eigenvalue weighted by Crippen LogP contribution is 2.00. The molecule has 0 saturated heterocycles. The summed E-state index contributed by atoms with van der Waals surface area (Å²) in [5.41, 5.74) is 0. The van der Waals surface area contributed by atoms with Crippen LogP contribution in [-0.2, 0) is 4.74 Å². The predicted octanol–water partition coefficient (Wildman–Crippen LogP) is 2.50. The first kappa shape index (κ1) is 20.2. The first-order valence-electron chi connectivity index (χ1n) is 8.89. The Morgan fingerprint density at radius 3 is 2.62 bits per heavy atom. The normalized spacial score (nSPS) is 11.6. The van der Waals surface area contributed by atoms with Crippen LogP contribution in [0.15, 0.2) is 29.4 Å². The quantitative estimate of drug-likeness (QED) is 0.311. The Kier molecular flexibility index (Phi) is 11.5. The van der Waals surface area contributed by atoms with E-state index in [0.29, 0.717) is 12.5 Å². The molecule has 0 saturated carbocycles. The van der Waals surface area contributed by atoms with Gasteiger partial charge in [0.2, 0.25) is 0 Å². The van der Waals surface area contributed by atoms with E-state index in [4.69, 9.17) is 4.74 Å². The van der Waals surface area contributed by atoms with Crippen molar-refractivity contribution < 1.29 is 4.74 Å². The zero-order valence-corrected chi connectivity index (χ0v) is 15.3. The van der Waals surface area contributed by atoms with E-state index < -0.39 is 0 Å². The standard InChI is InChI=1S/C18H33N5O/c1-16(2)9-14-24-15-13-23-18(19-3)22-12-7-6-11-21-17-8-4-5-10-20-17/h4-5,8,10,16H,6-7,9,11-15H2,1-3H3,(H,20,21)(H2,19,22,23). The molecule has 1 rings (SSSR count). The van der Waals surface area contributed by atoms with Crippen LogP contribution in [0.1, 0.15) is 33.1 Å². The fourth-order valence-electron chi connectivity index (χ4n) is 2.02. The zero-order valence-electron chi connectivity index (χ0n) is 15.3. The number of ether oxygens (including phenoxy) is 1. The van der Waals surface area contributed by atoms with Crippen LogP contribution in [0.2, 0.25) is 0 Å². The van der Waals surface area contributed by atoms with Gasteiger partial charge in [-0.3, -0.25) is 4.99 Å². The summed E-state index contributed by atoms with van der Waals surface area (Å²) in [5.74, 6) is 2.46. The van der Waals surface area contributed by atoms with Crippen LogP contribution in [0.4, 0.5) is 5.82 Å². The fourth-order valence-corrected chi connectivity index (χ4v) is 2.02. The van der Waals surface area contributed by atoms with Crippen LogP contribution in [0, 0.1) is 5.92 Å². The number of aromatic nitrogens is 1. The smallest absolute Gasteiger partial charge is 0.191 e. The Labute approximate surface area is 146 Å². The van der Waals surface area contributed by atoms with Crippen molar-refractivity contribution in [3.63, 3.8) is 0 Å². The van der Waals surface area contributed by atoms with Crippen LogP contribution in [0.25, 0.3) is 0 Å². The lowest BCUT2D eigenvalue weighted by Crippen LogP contribution is -2.39. The van der Waals surface area contributed by atoms with Gasteiger partial charge in [0.1, 0.15) is 5.82 Å². The van der Waals surface area contributed by atoms with Gasteiger partial charge in [0.05, 0.1) is 6.61 Å². The summed E-state index contributed by atoms with van der Waals surface area (Å²) in [6.45, 7) is 8.56. The molecule has 1 aromatic rings. The maximum Gasteiger partial charge on any atom is 0.191 e. The lowest BCUT2D eigenvalue weighted by molar-refractivity contribution is 0.128. The molecule has 136 valence electrons. The first-order valence-corrected chi connectivity index (χ1v) is 8.89. The lowest BCUT2D eigenvalue weighted by Gasteiger charge is -2.12. The largest absolute Gasteiger partial charge is 0.380 e. The van der Waals surface area contributed by atoms with Crippen molar-refractivity contribution >= 4 is 11.8 Å². The third-order valence-electron chi connectivity index (χ3n) is 3.47. The average molecular weight is 335 g/mol. The maximum atomic E-state index is 5.58. The lowest BCUT2D eigenvalue weighted by atomic mass is 10.1. The summed E-state index contributed by atoms with van der Waals surface area (Å²) < 4.78 is 5.58. The molecule has 0 fully saturated rings. The minimum absolute atomic E-state index is 0.694. The van der Waals surface area contributed by atoms with Crippen molar-refractivity contribution in [1.82, 2.24) is 15.6 Å². The van der Waals surface area contributed by atoms with E-state index in [9.17, 15) is 0 Å². The Balaban J connectivity index is 1.96. The number of anilines is 1. The van der Waals surface area contributed by atoms with Gasteiger partial charge in [0.15, 0.2) is 5.96 Å². The minimum Gasteiger partial charge on any atom is -0.380 e. The molecule has 24 heavy (non-hydrogen) atoms. The van der Waals surface area contributed by atoms with E-state index in [2.05, 4.69) is 39.8 Å². The van der Waals surface area contributed by atoms with Crippen LogP contribution in [0.3, 0.4) is 0 Å². The number of hydrogen-bond acceptors (Lipinski definition) is 4. The molecule has 0 amide bonds. The molecule has 0 spiro atoms. The highest BCUT2D eigenvalue weighted by Gasteiger charge is 1.98. The molecule has 0 aliphatic rings. The van der Waals surface area contributed by atoms with E-state index in [1.54, 1.807) is 13.2 Å². The monoisotopic (exact) mass is 335 g/mol. The number of nitrogens with zero attached hydrogens (tertiary/aromatic N) is 2. The van der Waals surface area contributed by atoms with Gasteiger partial charge >= 0.3 is 0 Å². The summed E-state index contributed by atoms with van der Waals surface area (Å²) in [5, 5.41) is 9.89. The van der Waals surface area contributed by atoms with E-state index in [-0.39, 0.29) is 0 Å². The van der Waals surface area contributed by atoms with Crippen molar-refractivity contribution in [2.24, 2.45) is 10.9 Å². The number of pyridine rings is 1. The summed E-state index contributed by atoms with van der Waals surface area (Å²) in [7, 11) is 1.79. The van der Waals surface area contributed by atoms with Gasteiger partial charge in [0, 0.05) is 39.5 Å². The maximum absolute atomic E-state index is 5.58. The van der Waals surface area contributed by atoms with Gasteiger partial charge < -0.3 is 20.7 Å². The van der Waals surface area contributed by atoms with E-state index >= 15 is 0 Å². The molecule has 0 radical (unpaired) electrons. The van der Waals surface area contributed by atoms with Gasteiger partial charge in [-0.2, -0.15) is 0 Å². The fraction of sp³-hybridized carbons (Fsp3) is 0.667. The van der Waals surface area contributed by atoms with Crippen molar-refractivity contribution in [2.45, 2.75) is 33.1 Å². The average Bonchev–Trinajstić information content (AvgIpc) is 2.59. The van der Waals surface area contributed by atoms with Gasteiger partial charge in [-0.1, -0.05) is 19.9 Å². The molecule has 0 bridgehead atoms. The molecule has 6 nitrogen and oxygen atoms in total. The van der Waals surface area contributed by atoms with Crippen molar-refractivity contribution in [3.8, 4) is 0 Å². The molecule has 1 aromatic heterocycles. The van der Waals surface area contributed by atoms with E-state index in [0.717, 1.165) is 57.3 Å². The minimum atomic E-state index is 0.694. The zero-order chi connectivity index (χ0) is 17.5. The van der Waals surface area contributed by atoms with Gasteiger partial charge in [-0.05, 0) is 37.3 Å². The number of nitrogens with one attached hydrogen (secondary N) is 3. The molecule has 0 aliphatic carbocycles. The number of rotatable bonds is 12. The Bertz CT molecular complexity index is 436. The molecular weight excluding hydrogens is 302 g/mol. The summed E-state index contributed by atoms with van der Waals surface area (Å²) in [6.07, 6.45) is 5.07. The van der Waals surface area contributed by atoms with Crippen LogP contribution in [-0.4, -0.2) is 50.8 Å². The number of guanidine groups is 1. The van der Waals surface area contributed by atoms with Gasteiger partial charge in [0.25, 0.3) is 0 Å². The number of unbranched alkanes of at least 4 members (excludes halogenated alkanes) is 1. The summed E-state index contributed by atoms with van der Waals surface area (Å²) >= 11 is 0. The highest BCUT2D eigenvalue weighted by atomic mass is 16.5. The summed E-state index contributed by atoms with van der Waals surface area (Å²) in [6, 6.07) is 5.88. The second-order valence-electron chi connectivity index (χ2n) is 6.07. The topological polar surface area (TPSA) is 70.6 Å². The Morgan fingerprint density at radius 2 is 1.92 bits per heavy atom. The Hall–Kier alpha value is -1.82. The molecule has 3 N–H and O–H groups in total. The third-order valence-corrected chi connectivity index (χ3v) is 3.47. The van der Waals surface area contributed by atoms with Gasteiger partial charge in [-0.25, -0.2) is 4.98 Å². The second-order valence-corrected chi connectivity index (χ2v) is 6.07. The van der Waals surface area contributed by atoms with Crippen molar-refractivity contribution in [3.05, 3.63) is 24.4 Å². The van der Waals surface area contributed by atoms with Crippen LogP contribution < -0.4 is 16.0 Å². The van der Waals surface area contributed by atoms with Crippen LogP contribution >= 0.6 is 0 Å². The molecule has 1 heterocycles. The van der Waals surface area contributed by atoms with E-state index in [1.165, 1.54) is 0 Å². The molecular formula is C18H33N5O. The number of aliphatic imine (C=N–C) groups is 1. The Morgan fingerprint density at radius 1 is 1.12 bits per heavy atom. The van der Waals surface area contributed by atoms with E-state index in [1.807, 2.05) is 18.2 Å².